The quantitative estimate of drug-likeness (QED) is 0.322. The number of carbonyl (C=O) groups is 2. The third-order valence-corrected chi connectivity index (χ3v) is 4.41. The van der Waals surface area contributed by atoms with Crippen LogP contribution in [0.1, 0.15) is 5.56 Å². The second kappa shape index (κ2) is 11.4. The van der Waals surface area contributed by atoms with Gasteiger partial charge in [-0.05, 0) is 70.1 Å². The Hall–Kier alpha value is -2.62. The van der Waals surface area contributed by atoms with Crippen LogP contribution in [0.4, 0.5) is 0 Å². The predicted octanol–water partition coefficient (Wildman–Crippen LogP) is 3.23. The monoisotopic (exact) mass is 497 g/mol. The zero-order valence-electron chi connectivity index (χ0n) is 15.2. The van der Waals surface area contributed by atoms with Crippen molar-refractivity contribution < 1.29 is 19.1 Å². The van der Waals surface area contributed by atoms with Crippen molar-refractivity contribution in [3.05, 3.63) is 63.6 Å². The summed E-state index contributed by atoms with van der Waals surface area (Å²) in [5, 5.41) is 2.89. The van der Waals surface area contributed by atoms with Gasteiger partial charge < -0.3 is 9.47 Å². The number of rotatable bonds is 6. The molecule has 29 heavy (non-hydrogen) atoms. The summed E-state index contributed by atoms with van der Waals surface area (Å²) in [5.74, 6) is 0.246. The number of methoxy groups -OCH3 is 1. The highest BCUT2D eigenvalue weighted by Gasteiger charge is 2.07. The maximum atomic E-state index is 11.9. The van der Waals surface area contributed by atoms with Gasteiger partial charge in [0.1, 0.15) is 11.5 Å². The number of hydrogen-bond donors (Lipinski definition) is 3. The van der Waals surface area contributed by atoms with Crippen LogP contribution in [-0.4, -0.2) is 30.6 Å². The molecule has 0 spiro atoms. The average molecular weight is 499 g/mol. The third kappa shape index (κ3) is 8.10. The van der Waals surface area contributed by atoms with E-state index in [1.54, 1.807) is 55.7 Å². The van der Waals surface area contributed by atoms with Crippen molar-refractivity contribution in [2.75, 3.05) is 13.7 Å². The summed E-state index contributed by atoms with van der Waals surface area (Å²) in [4.78, 5) is 23.7. The van der Waals surface area contributed by atoms with Crippen molar-refractivity contribution in [3.63, 3.8) is 0 Å². The Bertz CT molecular complexity index is 922. The molecule has 2 aromatic rings. The Labute approximate surface area is 186 Å². The zero-order valence-corrected chi connectivity index (χ0v) is 18.4. The van der Waals surface area contributed by atoms with E-state index in [9.17, 15) is 9.59 Å². The van der Waals surface area contributed by atoms with Crippen LogP contribution in [0.25, 0.3) is 6.08 Å². The molecule has 0 fully saturated rings. The van der Waals surface area contributed by atoms with Crippen LogP contribution in [0.3, 0.4) is 0 Å². The number of ether oxygens (including phenoxy) is 2. The van der Waals surface area contributed by atoms with Gasteiger partial charge in [0.05, 0.1) is 11.6 Å². The summed E-state index contributed by atoms with van der Waals surface area (Å²) >= 11 is 14.1. The van der Waals surface area contributed by atoms with E-state index in [1.807, 2.05) is 0 Å². The Morgan fingerprint density at radius 1 is 1.17 bits per heavy atom. The molecule has 0 saturated carbocycles. The molecule has 2 aromatic carbocycles. The maximum Gasteiger partial charge on any atom is 0.276 e. The molecule has 2 amide bonds. The number of nitrogens with one attached hydrogen (secondary N) is 3. The first-order chi connectivity index (χ1) is 13.9. The molecule has 0 atom stereocenters. The van der Waals surface area contributed by atoms with E-state index >= 15 is 0 Å². The van der Waals surface area contributed by atoms with Crippen molar-refractivity contribution >= 4 is 62.8 Å². The molecule has 0 aliphatic heterocycles. The number of hydrazine groups is 1. The minimum absolute atomic E-state index is 0.0598. The second-order valence-electron chi connectivity index (χ2n) is 5.46. The molecule has 3 N–H and O–H groups in total. The lowest BCUT2D eigenvalue weighted by Gasteiger charge is -2.11. The van der Waals surface area contributed by atoms with E-state index in [0.29, 0.717) is 15.2 Å². The summed E-state index contributed by atoms with van der Waals surface area (Å²) in [5.41, 5.74) is 5.57. The third-order valence-electron chi connectivity index (χ3n) is 3.35. The van der Waals surface area contributed by atoms with Crippen molar-refractivity contribution in [3.8, 4) is 11.5 Å². The van der Waals surface area contributed by atoms with Gasteiger partial charge in [0.2, 0.25) is 5.91 Å². The highest BCUT2D eigenvalue weighted by molar-refractivity contribution is 9.10. The molecular weight excluding hydrogens is 482 g/mol. The molecule has 0 saturated heterocycles. The van der Waals surface area contributed by atoms with Crippen molar-refractivity contribution in [1.82, 2.24) is 16.2 Å². The van der Waals surface area contributed by atoms with Crippen LogP contribution in [0.5, 0.6) is 11.5 Å². The normalized spacial score (nSPS) is 10.3. The van der Waals surface area contributed by atoms with E-state index < -0.39 is 11.8 Å². The van der Waals surface area contributed by atoms with Crippen LogP contribution >= 0.6 is 39.7 Å². The average Bonchev–Trinajstić information content (AvgIpc) is 2.70. The SMILES string of the molecule is COc1ccc(C=CC(=O)NC(=S)NNC(=O)COc2ccc(Cl)cc2Br)cc1. The molecule has 7 nitrogen and oxygen atoms in total. The van der Waals surface area contributed by atoms with Crippen LogP contribution in [-0.2, 0) is 9.59 Å². The van der Waals surface area contributed by atoms with Gasteiger partial charge in [0.25, 0.3) is 5.91 Å². The van der Waals surface area contributed by atoms with E-state index in [-0.39, 0.29) is 11.7 Å². The highest BCUT2D eigenvalue weighted by Crippen LogP contribution is 2.27. The summed E-state index contributed by atoms with van der Waals surface area (Å²) in [7, 11) is 1.58. The number of halogens is 2. The fourth-order valence-corrected chi connectivity index (χ4v) is 2.92. The molecule has 0 heterocycles. The van der Waals surface area contributed by atoms with Gasteiger partial charge in [-0.25, -0.2) is 0 Å². The summed E-state index contributed by atoms with van der Waals surface area (Å²) in [6, 6.07) is 12.1. The second-order valence-corrected chi connectivity index (χ2v) is 7.16. The van der Waals surface area contributed by atoms with Gasteiger partial charge in [-0.15, -0.1) is 0 Å². The van der Waals surface area contributed by atoms with E-state index in [4.69, 9.17) is 33.3 Å². The molecule has 2 rings (SSSR count). The van der Waals surface area contributed by atoms with Gasteiger partial charge >= 0.3 is 0 Å². The molecule has 0 unspecified atom stereocenters. The Morgan fingerprint density at radius 3 is 2.55 bits per heavy atom. The lowest BCUT2D eigenvalue weighted by atomic mass is 10.2. The van der Waals surface area contributed by atoms with Gasteiger partial charge in [0.15, 0.2) is 11.7 Å². The number of benzene rings is 2. The fraction of sp³-hybridized carbons (Fsp3) is 0.105. The smallest absolute Gasteiger partial charge is 0.276 e. The molecule has 0 bridgehead atoms. The first kappa shape index (κ1) is 22.7. The van der Waals surface area contributed by atoms with Crippen LogP contribution in [0.15, 0.2) is 53.0 Å². The van der Waals surface area contributed by atoms with Crippen LogP contribution in [0, 0.1) is 0 Å². The Balaban J connectivity index is 1.71. The van der Waals surface area contributed by atoms with Gasteiger partial charge in [0, 0.05) is 11.1 Å². The lowest BCUT2D eigenvalue weighted by molar-refractivity contribution is -0.123. The van der Waals surface area contributed by atoms with Gasteiger partial charge in [-0.3, -0.25) is 25.8 Å². The van der Waals surface area contributed by atoms with Crippen molar-refractivity contribution in [1.29, 1.82) is 0 Å². The zero-order chi connectivity index (χ0) is 21.2. The van der Waals surface area contributed by atoms with E-state index in [0.717, 1.165) is 11.3 Å². The standard InChI is InChI=1S/C19H17BrClN3O4S/c1-27-14-6-2-12(3-7-14)4-9-17(25)22-19(29)24-23-18(26)11-28-16-8-5-13(21)10-15(16)20/h2-10H,11H2,1H3,(H,23,26)(H2,22,24,25,29). The summed E-state index contributed by atoms with van der Waals surface area (Å²) < 4.78 is 11.1. The van der Waals surface area contributed by atoms with Gasteiger partial charge in [-0.2, -0.15) is 0 Å². The fourth-order valence-electron chi connectivity index (χ4n) is 1.97. The van der Waals surface area contributed by atoms with Crippen molar-refractivity contribution in [2.24, 2.45) is 0 Å². The van der Waals surface area contributed by atoms with E-state index in [1.165, 1.54) is 6.08 Å². The summed E-state index contributed by atoms with van der Waals surface area (Å²) in [6.07, 6.45) is 2.94. The maximum absolute atomic E-state index is 11.9. The number of amides is 2. The number of carbonyl (C=O) groups excluding carboxylic acids is 2. The molecular formula is C19H17BrClN3O4S. The Morgan fingerprint density at radius 2 is 1.90 bits per heavy atom. The highest BCUT2D eigenvalue weighted by atomic mass is 79.9. The first-order valence-electron chi connectivity index (χ1n) is 8.17. The summed E-state index contributed by atoms with van der Waals surface area (Å²) in [6.45, 7) is -0.263. The first-order valence-corrected chi connectivity index (χ1v) is 9.75. The molecule has 0 aliphatic rings. The molecule has 0 aromatic heterocycles. The van der Waals surface area contributed by atoms with Crippen LogP contribution < -0.4 is 25.6 Å². The minimum atomic E-state index is -0.489. The van der Waals surface area contributed by atoms with Gasteiger partial charge in [-0.1, -0.05) is 23.7 Å². The van der Waals surface area contributed by atoms with Crippen LogP contribution in [0.2, 0.25) is 5.02 Å². The lowest BCUT2D eigenvalue weighted by Crippen LogP contribution is -2.49. The largest absolute Gasteiger partial charge is 0.497 e. The molecule has 10 heteroatoms. The number of thiocarbonyl (C=S) groups is 1. The topological polar surface area (TPSA) is 88.7 Å². The molecule has 0 aliphatic carbocycles. The van der Waals surface area contributed by atoms with E-state index in [2.05, 4.69) is 32.1 Å². The van der Waals surface area contributed by atoms with Crippen molar-refractivity contribution in [2.45, 2.75) is 0 Å². The minimum Gasteiger partial charge on any atom is -0.497 e. The molecule has 152 valence electrons. The predicted molar refractivity (Wildman–Crippen MR) is 119 cm³/mol. The Kier molecular flexibility index (Phi) is 8.91. The molecule has 0 radical (unpaired) electrons. The number of hydrogen-bond acceptors (Lipinski definition) is 5.